The molecule has 0 saturated heterocycles. The Morgan fingerprint density at radius 1 is 0.842 bits per heavy atom. The summed E-state index contributed by atoms with van der Waals surface area (Å²) in [5.74, 6) is -13.7. The molecule has 0 fully saturated rings. The highest BCUT2D eigenvalue weighted by atomic mass is 19.2. The molecule has 0 heterocycles. The molecule has 0 aliphatic carbocycles. The second kappa shape index (κ2) is 5.63. The molecule has 0 spiro atoms. The van der Waals surface area contributed by atoms with Crippen LogP contribution in [0.1, 0.15) is 12.8 Å². The molecule has 4 nitrogen and oxygen atoms in total. The van der Waals surface area contributed by atoms with E-state index in [9.17, 15) is 31.5 Å². The van der Waals surface area contributed by atoms with Crippen LogP contribution in [-0.2, 0) is 9.59 Å². The van der Waals surface area contributed by atoms with E-state index in [0.717, 1.165) is 0 Å². The summed E-state index contributed by atoms with van der Waals surface area (Å²) in [7, 11) is 0. The van der Waals surface area contributed by atoms with Crippen molar-refractivity contribution in [3.05, 3.63) is 29.1 Å². The topological polar surface area (TPSA) is 66.4 Å². The number of hydrogen-bond acceptors (Lipinski definition) is 2. The van der Waals surface area contributed by atoms with E-state index in [4.69, 9.17) is 5.11 Å². The Bertz CT molecular complexity index is 517. The molecule has 0 bridgehead atoms. The number of benzene rings is 1. The van der Waals surface area contributed by atoms with Crippen LogP contribution in [-0.4, -0.2) is 17.0 Å². The highest BCUT2D eigenvalue weighted by Gasteiger charge is 2.26. The van der Waals surface area contributed by atoms with Crippen molar-refractivity contribution in [3.8, 4) is 0 Å². The summed E-state index contributed by atoms with van der Waals surface area (Å²) in [5.41, 5.74) is -1.51. The maximum atomic E-state index is 13.1. The number of halogens is 5. The van der Waals surface area contributed by atoms with Gasteiger partial charge in [-0.05, 0) is 0 Å². The Morgan fingerprint density at radius 3 is 1.68 bits per heavy atom. The number of rotatable bonds is 4. The van der Waals surface area contributed by atoms with Crippen molar-refractivity contribution < 1.29 is 36.6 Å². The Balaban J connectivity index is 3.02. The van der Waals surface area contributed by atoms with Crippen molar-refractivity contribution in [1.29, 1.82) is 0 Å². The molecule has 2 N–H and O–H groups in total. The fourth-order valence-electron chi connectivity index (χ4n) is 1.14. The smallest absolute Gasteiger partial charge is 0.303 e. The molecule has 1 aromatic carbocycles. The lowest BCUT2D eigenvalue weighted by molar-refractivity contribution is -0.138. The number of amides is 1. The third-order valence-corrected chi connectivity index (χ3v) is 2.04. The van der Waals surface area contributed by atoms with E-state index in [1.54, 1.807) is 0 Å². The van der Waals surface area contributed by atoms with Gasteiger partial charge in [-0.3, -0.25) is 9.59 Å². The predicted molar refractivity (Wildman–Crippen MR) is 51.7 cm³/mol. The molecule has 0 radical (unpaired) electrons. The standard InChI is InChI=1S/C10H6F5NO3/c11-5-6(12)8(14)10(9(15)7(5)13)16-3(17)1-2-4(18)19/h1-2H2,(H,16,17)(H,18,19). The van der Waals surface area contributed by atoms with Gasteiger partial charge in [0.25, 0.3) is 0 Å². The number of anilines is 1. The molecule has 0 aliphatic rings. The number of hydrogen-bond donors (Lipinski definition) is 2. The first kappa shape index (κ1) is 14.9. The van der Waals surface area contributed by atoms with E-state index in [0.29, 0.717) is 0 Å². The van der Waals surface area contributed by atoms with E-state index in [2.05, 4.69) is 0 Å². The molecule has 0 aliphatic heterocycles. The van der Waals surface area contributed by atoms with Crippen molar-refractivity contribution in [2.45, 2.75) is 12.8 Å². The van der Waals surface area contributed by atoms with Crippen LogP contribution in [0.15, 0.2) is 0 Å². The van der Waals surface area contributed by atoms with Crippen LogP contribution < -0.4 is 5.32 Å². The van der Waals surface area contributed by atoms with Gasteiger partial charge in [-0.25, -0.2) is 22.0 Å². The summed E-state index contributed by atoms with van der Waals surface area (Å²) in [4.78, 5) is 21.2. The van der Waals surface area contributed by atoms with Gasteiger partial charge in [0.05, 0.1) is 6.42 Å². The zero-order chi connectivity index (χ0) is 14.7. The Kier molecular flexibility index (Phi) is 4.41. The third-order valence-electron chi connectivity index (χ3n) is 2.04. The van der Waals surface area contributed by atoms with Crippen LogP contribution >= 0.6 is 0 Å². The Morgan fingerprint density at radius 2 is 1.26 bits per heavy atom. The zero-order valence-electron chi connectivity index (χ0n) is 9.07. The lowest BCUT2D eigenvalue weighted by Gasteiger charge is -2.09. The lowest BCUT2D eigenvalue weighted by atomic mass is 10.2. The molecule has 1 rings (SSSR count). The monoisotopic (exact) mass is 283 g/mol. The normalized spacial score (nSPS) is 10.4. The highest BCUT2D eigenvalue weighted by molar-refractivity contribution is 5.92. The van der Waals surface area contributed by atoms with Gasteiger partial charge < -0.3 is 10.4 Å². The van der Waals surface area contributed by atoms with Crippen molar-refractivity contribution in [2.24, 2.45) is 0 Å². The number of carboxylic acid groups (broad SMARTS) is 1. The molecule has 0 saturated carbocycles. The fraction of sp³-hybridized carbons (Fsp3) is 0.200. The maximum absolute atomic E-state index is 13.1. The van der Waals surface area contributed by atoms with Gasteiger partial charge >= 0.3 is 5.97 Å². The molecular formula is C10H6F5NO3. The molecule has 104 valence electrons. The van der Waals surface area contributed by atoms with Crippen LogP contribution in [0.2, 0.25) is 0 Å². The van der Waals surface area contributed by atoms with Gasteiger partial charge in [0.1, 0.15) is 5.69 Å². The first-order valence-corrected chi connectivity index (χ1v) is 4.78. The largest absolute Gasteiger partial charge is 0.481 e. The predicted octanol–water partition coefficient (Wildman–Crippen LogP) is 2.19. The highest BCUT2D eigenvalue weighted by Crippen LogP contribution is 2.27. The maximum Gasteiger partial charge on any atom is 0.303 e. The van der Waals surface area contributed by atoms with Crippen LogP contribution in [0, 0.1) is 29.1 Å². The number of nitrogens with one attached hydrogen (secondary N) is 1. The van der Waals surface area contributed by atoms with Gasteiger partial charge in [-0.1, -0.05) is 0 Å². The van der Waals surface area contributed by atoms with E-state index in [1.807, 2.05) is 0 Å². The molecule has 9 heteroatoms. The van der Waals surface area contributed by atoms with Gasteiger partial charge in [0, 0.05) is 6.42 Å². The quantitative estimate of drug-likeness (QED) is 0.505. The van der Waals surface area contributed by atoms with E-state index in [1.165, 1.54) is 5.32 Å². The molecular weight excluding hydrogens is 277 g/mol. The summed E-state index contributed by atoms with van der Waals surface area (Å²) >= 11 is 0. The first-order valence-electron chi connectivity index (χ1n) is 4.78. The van der Waals surface area contributed by atoms with Crippen molar-refractivity contribution in [2.75, 3.05) is 5.32 Å². The third kappa shape index (κ3) is 3.18. The van der Waals surface area contributed by atoms with Gasteiger partial charge in [-0.2, -0.15) is 0 Å². The summed E-state index contributed by atoms with van der Waals surface area (Å²) in [5, 5.41) is 9.71. The molecule has 1 amide bonds. The Labute approximate surface area is 102 Å². The average molecular weight is 283 g/mol. The zero-order valence-corrected chi connectivity index (χ0v) is 9.07. The number of carbonyl (C=O) groups is 2. The van der Waals surface area contributed by atoms with Crippen molar-refractivity contribution >= 4 is 17.6 Å². The summed E-state index contributed by atoms with van der Waals surface area (Å²) in [6.45, 7) is 0. The summed E-state index contributed by atoms with van der Waals surface area (Å²) in [6, 6.07) is 0. The van der Waals surface area contributed by atoms with Crippen molar-refractivity contribution in [3.63, 3.8) is 0 Å². The van der Waals surface area contributed by atoms with E-state index < -0.39 is 59.5 Å². The van der Waals surface area contributed by atoms with Gasteiger partial charge in [-0.15, -0.1) is 0 Å². The molecule has 1 aromatic rings. The fourth-order valence-corrected chi connectivity index (χ4v) is 1.14. The van der Waals surface area contributed by atoms with Crippen LogP contribution in [0.25, 0.3) is 0 Å². The van der Waals surface area contributed by atoms with E-state index >= 15 is 0 Å². The number of carbonyl (C=O) groups excluding carboxylic acids is 1. The van der Waals surface area contributed by atoms with E-state index in [-0.39, 0.29) is 0 Å². The molecule has 0 unspecified atom stereocenters. The molecule has 19 heavy (non-hydrogen) atoms. The minimum absolute atomic E-state index is 0.652. The minimum Gasteiger partial charge on any atom is -0.481 e. The molecule has 0 aromatic heterocycles. The number of aliphatic carboxylic acids is 1. The SMILES string of the molecule is O=C(O)CCC(=O)Nc1c(F)c(F)c(F)c(F)c1F. The Hall–Kier alpha value is -2.19. The average Bonchev–Trinajstić information content (AvgIpc) is 2.36. The summed E-state index contributed by atoms with van der Waals surface area (Å²) < 4.78 is 64.4. The lowest BCUT2D eigenvalue weighted by Crippen LogP contribution is -2.17. The summed E-state index contributed by atoms with van der Waals surface area (Å²) in [6.07, 6.45) is -1.32. The first-order chi connectivity index (χ1) is 8.75. The number of carboxylic acids is 1. The molecule has 0 atom stereocenters. The second-order valence-electron chi connectivity index (χ2n) is 3.39. The van der Waals surface area contributed by atoms with Crippen molar-refractivity contribution in [1.82, 2.24) is 0 Å². The van der Waals surface area contributed by atoms with Crippen LogP contribution in [0.3, 0.4) is 0 Å². The van der Waals surface area contributed by atoms with Gasteiger partial charge in [0.15, 0.2) is 23.3 Å². The van der Waals surface area contributed by atoms with Crippen LogP contribution in [0.4, 0.5) is 27.6 Å². The minimum atomic E-state index is -2.35. The van der Waals surface area contributed by atoms with Gasteiger partial charge in [0.2, 0.25) is 11.7 Å². The second-order valence-corrected chi connectivity index (χ2v) is 3.39. The van der Waals surface area contributed by atoms with Crippen LogP contribution in [0.5, 0.6) is 0 Å².